The molecule has 1 aromatic heterocycles. The van der Waals surface area contributed by atoms with Crippen LogP contribution >= 0.6 is 11.3 Å². The minimum Gasteiger partial charge on any atom is -0.342 e. The Balaban J connectivity index is 1.30. The fraction of sp³-hybridized carbons (Fsp3) is 0.611. The van der Waals surface area contributed by atoms with E-state index in [0.29, 0.717) is 13.1 Å². The van der Waals surface area contributed by atoms with Crippen molar-refractivity contribution in [2.75, 3.05) is 52.4 Å². The molecule has 3 rings (SSSR count). The lowest BCUT2D eigenvalue weighted by Crippen LogP contribution is -2.52. The molecule has 0 spiro atoms. The maximum absolute atomic E-state index is 12.2. The van der Waals surface area contributed by atoms with Crippen LogP contribution in [0.3, 0.4) is 0 Å². The van der Waals surface area contributed by atoms with Crippen molar-refractivity contribution in [3.8, 4) is 0 Å². The van der Waals surface area contributed by atoms with Gasteiger partial charge in [0.25, 0.3) is 0 Å². The third kappa shape index (κ3) is 6.30. The Hall–Kier alpha value is -1.97. The topological polar surface area (TPSA) is 85.0 Å². The Kier molecular flexibility index (Phi) is 7.19. The summed E-state index contributed by atoms with van der Waals surface area (Å²) in [5.41, 5.74) is 0. The highest BCUT2D eigenvalue weighted by molar-refractivity contribution is 7.09. The molecule has 3 heterocycles. The van der Waals surface area contributed by atoms with E-state index in [-0.39, 0.29) is 18.4 Å². The van der Waals surface area contributed by atoms with E-state index in [9.17, 15) is 14.4 Å². The average molecular weight is 394 g/mol. The van der Waals surface area contributed by atoms with Crippen LogP contribution in [0.2, 0.25) is 0 Å². The number of hydrogen-bond acceptors (Lipinski definition) is 6. The van der Waals surface area contributed by atoms with E-state index in [1.54, 1.807) is 11.3 Å². The van der Waals surface area contributed by atoms with E-state index in [1.807, 2.05) is 27.3 Å². The van der Waals surface area contributed by atoms with Gasteiger partial charge in [0.15, 0.2) is 0 Å². The number of urea groups is 1. The highest BCUT2D eigenvalue weighted by Gasteiger charge is 2.24. The zero-order valence-corrected chi connectivity index (χ0v) is 16.3. The Morgan fingerprint density at radius 3 is 2.26 bits per heavy atom. The van der Waals surface area contributed by atoms with Gasteiger partial charge in [-0.15, -0.1) is 11.3 Å². The molecule has 0 unspecified atom stereocenters. The van der Waals surface area contributed by atoms with Crippen LogP contribution < -0.4 is 10.6 Å². The fourth-order valence-electron chi connectivity index (χ4n) is 3.36. The van der Waals surface area contributed by atoms with Crippen LogP contribution in [0.5, 0.6) is 0 Å². The molecular formula is C18H27N5O3S. The number of likely N-dealkylation sites (tertiary alicyclic amines) is 1. The molecule has 0 aromatic carbocycles. The number of carbonyl (C=O) groups is 3. The second-order valence-corrected chi connectivity index (χ2v) is 7.98. The van der Waals surface area contributed by atoms with Crippen molar-refractivity contribution < 1.29 is 14.4 Å². The van der Waals surface area contributed by atoms with Gasteiger partial charge in [0, 0.05) is 44.1 Å². The lowest BCUT2D eigenvalue weighted by molar-refractivity contribution is -0.132. The Labute approximate surface area is 163 Å². The molecule has 0 aliphatic carbocycles. The zero-order chi connectivity index (χ0) is 19.1. The minimum atomic E-state index is -0.469. The van der Waals surface area contributed by atoms with Gasteiger partial charge >= 0.3 is 6.03 Å². The van der Waals surface area contributed by atoms with Crippen LogP contribution in [0, 0.1) is 0 Å². The average Bonchev–Trinajstić information content (AvgIpc) is 3.35. The fourth-order valence-corrected chi connectivity index (χ4v) is 4.00. The van der Waals surface area contributed by atoms with E-state index in [2.05, 4.69) is 15.5 Å². The van der Waals surface area contributed by atoms with E-state index in [4.69, 9.17) is 0 Å². The minimum absolute atomic E-state index is 0.195. The summed E-state index contributed by atoms with van der Waals surface area (Å²) in [6.45, 7) is 5.80. The van der Waals surface area contributed by atoms with Gasteiger partial charge < -0.3 is 10.2 Å². The normalized spacial score (nSPS) is 18.4. The highest BCUT2D eigenvalue weighted by Crippen LogP contribution is 2.09. The van der Waals surface area contributed by atoms with Crippen molar-refractivity contribution in [3.05, 3.63) is 22.4 Å². The molecule has 148 valence electrons. The summed E-state index contributed by atoms with van der Waals surface area (Å²) < 4.78 is 0. The van der Waals surface area contributed by atoms with Crippen LogP contribution in [0.1, 0.15) is 17.7 Å². The molecule has 0 saturated carbocycles. The van der Waals surface area contributed by atoms with E-state index in [0.717, 1.165) is 57.0 Å². The molecule has 8 nitrogen and oxygen atoms in total. The predicted octanol–water partition coefficient (Wildman–Crippen LogP) is 0.314. The molecule has 2 N–H and O–H groups in total. The first kappa shape index (κ1) is 19.8. The van der Waals surface area contributed by atoms with Gasteiger partial charge in [-0.3, -0.25) is 24.7 Å². The number of imide groups is 1. The molecule has 2 aliphatic heterocycles. The first-order chi connectivity index (χ1) is 13.1. The predicted molar refractivity (Wildman–Crippen MR) is 103 cm³/mol. The summed E-state index contributed by atoms with van der Waals surface area (Å²) >= 11 is 1.56. The van der Waals surface area contributed by atoms with Crippen LogP contribution in [0.25, 0.3) is 0 Å². The standard InChI is InChI=1S/C18H27N5O3S/c24-16(20-18(26)19-12-15-4-3-11-27-15)13-21-7-9-22(10-8-21)14-17(25)23-5-1-2-6-23/h3-4,11H,1-2,5-10,12-14H2,(H2,19,20,24,26). The quantitative estimate of drug-likeness (QED) is 0.727. The lowest BCUT2D eigenvalue weighted by Gasteiger charge is -2.34. The Morgan fingerprint density at radius 1 is 0.963 bits per heavy atom. The molecule has 1 aromatic rings. The van der Waals surface area contributed by atoms with E-state index < -0.39 is 6.03 Å². The number of piperazine rings is 1. The summed E-state index contributed by atoms with van der Waals surface area (Å²) in [7, 11) is 0. The summed E-state index contributed by atoms with van der Waals surface area (Å²) in [5, 5.41) is 6.99. The van der Waals surface area contributed by atoms with Gasteiger partial charge in [0.1, 0.15) is 0 Å². The summed E-state index contributed by atoms with van der Waals surface area (Å²) in [5.74, 6) is -0.0959. The summed E-state index contributed by atoms with van der Waals surface area (Å²) in [6, 6.07) is 3.38. The first-order valence-electron chi connectivity index (χ1n) is 9.43. The molecule has 9 heteroatoms. The number of amides is 4. The molecule has 4 amide bonds. The molecule has 0 radical (unpaired) electrons. The van der Waals surface area contributed by atoms with Crippen molar-refractivity contribution in [2.24, 2.45) is 0 Å². The maximum atomic E-state index is 12.2. The Bertz CT molecular complexity index is 637. The van der Waals surface area contributed by atoms with Crippen molar-refractivity contribution in [2.45, 2.75) is 19.4 Å². The first-order valence-corrected chi connectivity index (χ1v) is 10.3. The third-order valence-corrected chi connectivity index (χ3v) is 5.78. The number of nitrogens with one attached hydrogen (secondary N) is 2. The molecule has 0 bridgehead atoms. The van der Waals surface area contributed by atoms with Gasteiger partial charge in [-0.2, -0.15) is 0 Å². The van der Waals surface area contributed by atoms with Crippen LogP contribution in [-0.2, 0) is 16.1 Å². The molecule has 2 saturated heterocycles. The second-order valence-electron chi connectivity index (χ2n) is 6.95. The largest absolute Gasteiger partial charge is 0.342 e. The van der Waals surface area contributed by atoms with Crippen LogP contribution in [-0.4, -0.2) is 84.9 Å². The van der Waals surface area contributed by atoms with Crippen molar-refractivity contribution in [1.29, 1.82) is 0 Å². The van der Waals surface area contributed by atoms with E-state index in [1.165, 1.54) is 0 Å². The number of nitrogens with zero attached hydrogens (tertiary/aromatic N) is 3. The van der Waals surface area contributed by atoms with Crippen LogP contribution in [0.4, 0.5) is 4.79 Å². The van der Waals surface area contributed by atoms with Gasteiger partial charge in [0.2, 0.25) is 11.8 Å². The SMILES string of the molecule is O=C(CN1CCN(CC(=O)N2CCCC2)CC1)NC(=O)NCc1cccs1. The highest BCUT2D eigenvalue weighted by atomic mass is 32.1. The van der Waals surface area contributed by atoms with Crippen molar-refractivity contribution in [3.63, 3.8) is 0 Å². The van der Waals surface area contributed by atoms with Crippen molar-refractivity contribution >= 4 is 29.2 Å². The van der Waals surface area contributed by atoms with Gasteiger partial charge in [-0.25, -0.2) is 4.79 Å². The molecule has 0 atom stereocenters. The molecule has 2 fully saturated rings. The summed E-state index contributed by atoms with van der Waals surface area (Å²) in [6.07, 6.45) is 2.21. The monoisotopic (exact) mass is 393 g/mol. The Morgan fingerprint density at radius 2 is 1.63 bits per heavy atom. The molecular weight excluding hydrogens is 366 g/mol. The number of rotatable bonds is 6. The molecule has 27 heavy (non-hydrogen) atoms. The number of hydrogen-bond donors (Lipinski definition) is 2. The summed E-state index contributed by atoms with van der Waals surface area (Å²) in [4.78, 5) is 43.1. The second kappa shape index (κ2) is 9.82. The third-order valence-electron chi connectivity index (χ3n) is 4.91. The van der Waals surface area contributed by atoms with E-state index >= 15 is 0 Å². The maximum Gasteiger partial charge on any atom is 0.321 e. The van der Waals surface area contributed by atoms with Gasteiger partial charge in [-0.1, -0.05) is 6.07 Å². The smallest absolute Gasteiger partial charge is 0.321 e. The molecule has 2 aliphatic rings. The van der Waals surface area contributed by atoms with Gasteiger partial charge in [-0.05, 0) is 24.3 Å². The van der Waals surface area contributed by atoms with Crippen LogP contribution in [0.15, 0.2) is 17.5 Å². The number of carbonyl (C=O) groups excluding carboxylic acids is 3. The van der Waals surface area contributed by atoms with Crippen molar-refractivity contribution in [1.82, 2.24) is 25.3 Å². The zero-order valence-electron chi connectivity index (χ0n) is 15.5. The number of thiophene rings is 1. The van der Waals surface area contributed by atoms with Gasteiger partial charge in [0.05, 0.1) is 19.6 Å². The lowest BCUT2D eigenvalue weighted by atomic mass is 10.3.